The molecule has 0 saturated carbocycles. The zero-order chi connectivity index (χ0) is 18.5. The van der Waals surface area contributed by atoms with Crippen molar-refractivity contribution >= 4 is 23.3 Å². The van der Waals surface area contributed by atoms with Gasteiger partial charge in [0.2, 0.25) is 0 Å². The number of nitrogens with zero attached hydrogens (tertiary/aromatic N) is 2. The highest BCUT2D eigenvalue weighted by molar-refractivity contribution is 6.32. The maximum Gasteiger partial charge on any atom is 0.317 e. The lowest BCUT2D eigenvalue weighted by Crippen LogP contribution is -2.51. The second-order valence-electron chi connectivity index (χ2n) is 6.38. The number of ether oxygens (including phenoxy) is 1. The van der Waals surface area contributed by atoms with Gasteiger partial charge in [-0.1, -0.05) is 35.9 Å². The summed E-state index contributed by atoms with van der Waals surface area (Å²) in [5.41, 5.74) is 3.39. The number of nitrogens with one attached hydrogen (secondary N) is 1. The average molecular weight is 374 g/mol. The van der Waals surface area contributed by atoms with Gasteiger partial charge in [-0.25, -0.2) is 4.79 Å². The molecule has 0 bridgehead atoms. The van der Waals surface area contributed by atoms with Crippen molar-refractivity contribution in [1.82, 2.24) is 10.2 Å². The Bertz CT molecular complexity index is 773. The molecule has 2 aromatic carbocycles. The SMILES string of the molecule is COc1ccc(N2CCN(C(=O)NCc3ccccc3C)CC2)cc1Cl. The van der Waals surface area contributed by atoms with Gasteiger partial charge in [-0.05, 0) is 36.2 Å². The van der Waals surface area contributed by atoms with Gasteiger partial charge in [0, 0.05) is 38.4 Å². The fraction of sp³-hybridized carbons (Fsp3) is 0.350. The molecule has 1 aliphatic rings. The van der Waals surface area contributed by atoms with Crippen molar-refractivity contribution in [2.24, 2.45) is 0 Å². The smallest absolute Gasteiger partial charge is 0.317 e. The van der Waals surface area contributed by atoms with Crippen LogP contribution < -0.4 is 15.0 Å². The predicted octanol–water partition coefficient (Wildman–Crippen LogP) is 3.69. The number of anilines is 1. The molecule has 1 aliphatic heterocycles. The molecule has 1 N–H and O–H groups in total. The number of aryl methyl sites for hydroxylation is 1. The molecule has 2 amide bonds. The number of hydrogen-bond acceptors (Lipinski definition) is 3. The Hall–Kier alpha value is -2.40. The van der Waals surface area contributed by atoms with Crippen molar-refractivity contribution in [3.05, 3.63) is 58.6 Å². The van der Waals surface area contributed by atoms with Crippen LogP contribution in [0.3, 0.4) is 0 Å². The second kappa shape index (κ2) is 8.32. The number of halogens is 1. The molecule has 26 heavy (non-hydrogen) atoms. The molecule has 0 atom stereocenters. The molecule has 1 heterocycles. The topological polar surface area (TPSA) is 44.8 Å². The zero-order valence-corrected chi connectivity index (χ0v) is 15.9. The molecule has 0 aromatic heterocycles. The van der Waals surface area contributed by atoms with Crippen molar-refractivity contribution in [3.63, 3.8) is 0 Å². The van der Waals surface area contributed by atoms with Gasteiger partial charge >= 0.3 is 6.03 Å². The Morgan fingerprint density at radius 2 is 1.88 bits per heavy atom. The number of methoxy groups -OCH3 is 1. The highest BCUT2D eigenvalue weighted by atomic mass is 35.5. The standard InChI is InChI=1S/C20H24ClN3O2/c1-15-5-3-4-6-16(15)14-22-20(25)24-11-9-23(10-12-24)17-7-8-19(26-2)18(21)13-17/h3-8,13H,9-12,14H2,1-2H3,(H,22,25). The Morgan fingerprint density at radius 1 is 1.15 bits per heavy atom. The highest BCUT2D eigenvalue weighted by Gasteiger charge is 2.21. The van der Waals surface area contributed by atoms with E-state index in [1.54, 1.807) is 7.11 Å². The van der Waals surface area contributed by atoms with Crippen molar-refractivity contribution in [2.45, 2.75) is 13.5 Å². The summed E-state index contributed by atoms with van der Waals surface area (Å²) in [6, 6.07) is 13.9. The monoisotopic (exact) mass is 373 g/mol. The first-order valence-corrected chi connectivity index (χ1v) is 9.12. The van der Waals surface area contributed by atoms with Crippen LogP contribution in [-0.2, 0) is 6.54 Å². The first-order chi connectivity index (χ1) is 12.6. The number of benzene rings is 2. The molecule has 0 radical (unpaired) electrons. The van der Waals surface area contributed by atoms with Crippen LogP contribution in [0.4, 0.5) is 10.5 Å². The van der Waals surface area contributed by atoms with Gasteiger partial charge in [-0.2, -0.15) is 0 Å². The molecule has 2 aromatic rings. The molecular formula is C20H24ClN3O2. The molecule has 5 nitrogen and oxygen atoms in total. The minimum absolute atomic E-state index is 0.0133. The van der Waals surface area contributed by atoms with E-state index in [4.69, 9.17) is 16.3 Å². The molecule has 0 spiro atoms. The third kappa shape index (κ3) is 4.22. The fourth-order valence-electron chi connectivity index (χ4n) is 3.11. The van der Waals surface area contributed by atoms with Gasteiger partial charge in [-0.15, -0.1) is 0 Å². The van der Waals surface area contributed by atoms with Crippen LogP contribution in [0.25, 0.3) is 0 Å². The average Bonchev–Trinajstić information content (AvgIpc) is 2.67. The van der Waals surface area contributed by atoms with E-state index in [-0.39, 0.29) is 6.03 Å². The number of piperazine rings is 1. The summed E-state index contributed by atoms with van der Waals surface area (Å²) in [6.07, 6.45) is 0. The Balaban J connectivity index is 1.52. The lowest BCUT2D eigenvalue weighted by molar-refractivity contribution is 0.194. The van der Waals surface area contributed by atoms with Crippen molar-refractivity contribution in [3.8, 4) is 5.75 Å². The number of carbonyl (C=O) groups excluding carboxylic acids is 1. The summed E-state index contributed by atoms with van der Waals surface area (Å²) in [5, 5.41) is 3.62. The van der Waals surface area contributed by atoms with E-state index in [0.717, 1.165) is 24.3 Å². The van der Waals surface area contributed by atoms with Crippen LogP contribution in [0.5, 0.6) is 5.75 Å². The largest absolute Gasteiger partial charge is 0.495 e. The van der Waals surface area contributed by atoms with E-state index in [9.17, 15) is 4.79 Å². The summed E-state index contributed by atoms with van der Waals surface area (Å²) in [4.78, 5) is 16.5. The summed E-state index contributed by atoms with van der Waals surface area (Å²) in [7, 11) is 1.61. The lowest BCUT2D eigenvalue weighted by atomic mass is 10.1. The summed E-state index contributed by atoms with van der Waals surface area (Å²) in [5.74, 6) is 0.671. The van der Waals surface area contributed by atoms with E-state index in [2.05, 4.69) is 23.2 Å². The van der Waals surface area contributed by atoms with Gasteiger partial charge in [0.25, 0.3) is 0 Å². The number of urea groups is 1. The quantitative estimate of drug-likeness (QED) is 0.889. The normalized spacial score (nSPS) is 14.3. The third-order valence-corrected chi connectivity index (χ3v) is 5.05. The first-order valence-electron chi connectivity index (χ1n) is 8.74. The third-order valence-electron chi connectivity index (χ3n) is 4.76. The van der Waals surface area contributed by atoms with Crippen molar-refractivity contribution < 1.29 is 9.53 Å². The van der Waals surface area contributed by atoms with E-state index >= 15 is 0 Å². The summed E-state index contributed by atoms with van der Waals surface area (Å²) >= 11 is 6.21. The molecule has 138 valence electrons. The first kappa shape index (κ1) is 18.4. The van der Waals surface area contributed by atoms with E-state index in [1.165, 1.54) is 5.56 Å². The van der Waals surface area contributed by atoms with Crippen LogP contribution in [0, 0.1) is 6.92 Å². The van der Waals surface area contributed by atoms with Crippen molar-refractivity contribution in [1.29, 1.82) is 0 Å². The number of rotatable bonds is 4. The van der Waals surface area contributed by atoms with Crippen LogP contribution in [0.2, 0.25) is 5.02 Å². The van der Waals surface area contributed by atoms with Crippen LogP contribution in [-0.4, -0.2) is 44.2 Å². The van der Waals surface area contributed by atoms with E-state index in [0.29, 0.717) is 30.4 Å². The van der Waals surface area contributed by atoms with Crippen LogP contribution in [0.1, 0.15) is 11.1 Å². The summed E-state index contributed by atoms with van der Waals surface area (Å²) in [6.45, 7) is 5.54. The Morgan fingerprint density at radius 3 is 2.54 bits per heavy atom. The van der Waals surface area contributed by atoms with E-state index < -0.39 is 0 Å². The van der Waals surface area contributed by atoms with Crippen LogP contribution >= 0.6 is 11.6 Å². The van der Waals surface area contributed by atoms with Gasteiger partial charge < -0.3 is 19.9 Å². The van der Waals surface area contributed by atoms with Crippen LogP contribution in [0.15, 0.2) is 42.5 Å². The summed E-state index contributed by atoms with van der Waals surface area (Å²) < 4.78 is 5.20. The maximum atomic E-state index is 12.4. The second-order valence-corrected chi connectivity index (χ2v) is 6.79. The zero-order valence-electron chi connectivity index (χ0n) is 15.2. The fourth-order valence-corrected chi connectivity index (χ4v) is 3.36. The molecule has 0 aliphatic carbocycles. The van der Waals surface area contributed by atoms with E-state index in [1.807, 2.05) is 41.3 Å². The lowest BCUT2D eigenvalue weighted by Gasteiger charge is -2.36. The highest BCUT2D eigenvalue weighted by Crippen LogP contribution is 2.29. The molecule has 0 unspecified atom stereocenters. The minimum Gasteiger partial charge on any atom is -0.495 e. The molecule has 1 fully saturated rings. The van der Waals surface area contributed by atoms with Gasteiger partial charge in [0.05, 0.1) is 12.1 Å². The van der Waals surface area contributed by atoms with Gasteiger partial charge in [-0.3, -0.25) is 0 Å². The number of hydrogen-bond donors (Lipinski definition) is 1. The predicted molar refractivity (Wildman–Crippen MR) is 105 cm³/mol. The Labute approximate surface area is 159 Å². The molecule has 1 saturated heterocycles. The Kier molecular flexibility index (Phi) is 5.89. The number of amides is 2. The minimum atomic E-state index is -0.0133. The molecular weight excluding hydrogens is 350 g/mol. The van der Waals surface area contributed by atoms with Gasteiger partial charge in [0.15, 0.2) is 0 Å². The van der Waals surface area contributed by atoms with Gasteiger partial charge in [0.1, 0.15) is 5.75 Å². The van der Waals surface area contributed by atoms with Crippen molar-refractivity contribution in [2.75, 3.05) is 38.2 Å². The molecule has 3 rings (SSSR count). The molecule has 6 heteroatoms. The maximum absolute atomic E-state index is 12.4. The number of carbonyl (C=O) groups is 1.